The van der Waals surface area contributed by atoms with E-state index < -0.39 is 10.8 Å². The van der Waals surface area contributed by atoms with E-state index in [1.807, 2.05) is 27.7 Å². The monoisotopic (exact) mass is 709 g/mol. The Hall–Kier alpha value is -1.10. The molecule has 0 aliphatic heterocycles. The zero-order valence-corrected chi connectivity index (χ0v) is 34.9. The summed E-state index contributed by atoms with van der Waals surface area (Å²) in [5, 5.41) is 10.6. The minimum absolute atomic E-state index is 0.0240. The molecule has 0 aromatic rings. The number of esters is 2. The number of rotatable bonds is 37. The largest absolute Gasteiger partial charge is 0.465 e. The second-order valence-electron chi connectivity index (χ2n) is 17.0. The van der Waals surface area contributed by atoms with E-state index in [0.29, 0.717) is 6.61 Å². The van der Waals surface area contributed by atoms with Crippen molar-refractivity contribution in [2.24, 2.45) is 10.8 Å². The molecule has 1 atom stereocenters. The Labute approximate surface area is 312 Å². The molecule has 0 fully saturated rings. The summed E-state index contributed by atoms with van der Waals surface area (Å²) in [5.41, 5.74) is -0.907. The maximum absolute atomic E-state index is 13.3. The first-order valence-corrected chi connectivity index (χ1v) is 22.1. The van der Waals surface area contributed by atoms with Crippen LogP contribution < -0.4 is 0 Å². The van der Waals surface area contributed by atoms with Gasteiger partial charge in [0.2, 0.25) is 0 Å². The highest BCUT2D eigenvalue weighted by Crippen LogP contribution is 2.29. The van der Waals surface area contributed by atoms with Crippen LogP contribution in [0.25, 0.3) is 0 Å². The van der Waals surface area contributed by atoms with Crippen LogP contribution >= 0.6 is 0 Å². The maximum atomic E-state index is 13.3. The van der Waals surface area contributed by atoms with E-state index in [9.17, 15) is 14.7 Å². The zero-order chi connectivity index (χ0) is 37.4. The summed E-state index contributed by atoms with van der Waals surface area (Å²) in [5.74, 6) is -0.0924. The van der Waals surface area contributed by atoms with Gasteiger partial charge in [-0.25, -0.2) is 0 Å². The molecule has 5 nitrogen and oxygen atoms in total. The minimum Gasteiger partial charge on any atom is -0.465 e. The van der Waals surface area contributed by atoms with Gasteiger partial charge in [0.1, 0.15) is 6.10 Å². The van der Waals surface area contributed by atoms with Crippen LogP contribution in [0.15, 0.2) is 0 Å². The van der Waals surface area contributed by atoms with Crippen LogP contribution in [0.3, 0.4) is 0 Å². The third kappa shape index (κ3) is 28.5. The predicted molar refractivity (Wildman–Crippen MR) is 215 cm³/mol. The predicted octanol–water partition coefficient (Wildman–Crippen LogP) is 14.0. The third-order valence-corrected chi connectivity index (χ3v) is 10.8. The van der Waals surface area contributed by atoms with Crippen molar-refractivity contribution in [1.29, 1.82) is 0 Å². The van der Waals surface area contributed by atoms with E-state index in [0.717, 1.165) is 103 Å². The number of carbonyl (C=O) groups excluding carboxylic acids is 2. The fraction of sp³-hybridized carbons (Fsp3) is 0.956. The van der Waals surface area contributed by atoms with Crippen molar-refractivity contribution in [3.05, 3.63) is 0 Å². The average Bonchev–Trinajstić information content (AvgIpc) is 3.08. The van der Waals surface area contributed by atoms with Gasteiger partial charge >= 0.3 is 11.9 Å². The quantitative estimate of drug-likeness (QED) is 0.0514. The molecule has 0 radical (unpaired) electrons. The van der Waals surface area contributed by atoms with E-state index in [1.165, 1.54) is 96.3 Å². The second-order valence-corrected chi connectivity index (χ2v) is 17.0. The highest BCUT2D eigenvalue weighted by molar-refractivity contribution is 5.76. The Morgan fingerprint density at radius 2 is 0.800 bits per heavy atom. The molecule has 0 aliphatic rings. The van der Waals surface area contributed by atoms with Gasteiger partial charge in [0.05, 0.1) is 23.5 Å². The molecule has 0 aromatic carbocycles. The van der Waals surface area contributed by atoms with E-state index in [2.05, 4.69) is 20.8 Å². The lowest BCUT2D eigenvalue weighted by atomic mass is 9.86. The number of aliphatic hydroxyl groups is 1. The van der Waals surface area contributed by atoms with E-state index in [4.69, 9.17) is 9.47 Å². The SMILES string of the molecule is CCCCCCCCCOC(=O)C(C)(C)CCCCCC(O)CCCCCC(C)(C)C(=O)OC(CCCCCCCC)CCCCCCCC. The van der Waals surface area contributed by atoms with Crippen molar-refractivity contribution in [3.8, 4) is 0 Å². The van der Waals surface area contributed by atoms with Gasteiger partial charge in [0, 0.05) is 0 Å². The summed E-state index contributed by atoms with van der Waals surface area (Å²) < 4.78 is 11.8. The van der Waals surface area contributed by atoms with Crippen LogP contribution in [-0.2, 0) is 19.1 Å². The van der Waals surface area contributed by atoms with E-state index >= 15 is 0 Å². The Kier molecular flexibility index (Phi) is 31.8. The zero-order valence-electron chi connectivity index (χ0n) is 34.9. The van der Waals surface area contributed by atoms with Gasteiger partial charge in [0.25, 0.3) is 0 Å². The maximum Gasteiger partial charge on any atom is 0.311 e. The molecule has 0 saturated carbocycles. The summed E-state index contributed by atoms with van der Waals surface area (Å²) >= 11 is 0. The van der Waals surface area contributed by atoms with Crippen molar-refractivity contribution >= 4 is 11.9 Å². The van der Waals surface area contributed by atoms with Crippen LogP contribution in [0.1, 0.15) is 248 Å². The molecule has 0 saturated heterocycles. The molecule has 1 N–H and O–H groups in total. The average molecular weight is 709 g/mol. The summed E-state index contributed by atoms with van der Waals surface area (Å²) in [6.07, 6.45) is 34.9. The van der Waals surface area contributed by atoms with Crippen LogP contribution in [0.5, 0.6) is 0 Å². The smallest absolute Gasteiger partial charge is 0.311 e. The molecular formula is C45H88O5. The second kappa shape index (κ2) is 32.5. The Morgan fingerprint density at radius 3 is 1.24 bits per heavy atom. The standard InChI is InChI=1S/C45H88O5/c1-8-11-14-17-20-23-32-39-49-42(47)44(4,5)37-30-24-26-33-40(46)34-27-25-31-38-45(6,7)43(48)50-41(35-28-21-18-15-12-9-2)36-29-22-19-16-13-10-3/h40-41,46H,8-39H2,1-7H3. The summed E-state index contributed by atoms with van der Waals surface area (Å²) in [7, 11) is 0. The first-order chi connectivity index (χ1) is 24.0. The molecule has 1 unspecified atom stereocenters. The van der Waals surface area contributed by atoms with Crippen molar-refractivity contribution in [1.82, 2.24) is 0 Å². The molecule has 0 aliphatic carbocycles. The summed E-state index contributed by atoms with van der Waals surface area (Å²) in [6.45, 7) is 15.4. The summed E-state index contributed by atoms with van der Waals surface area (Å²) in [6, 6.07) is 0. The Morgan fingerprint density at radius 1 is 0.460 bits per heavy atom. The molecule has 298 valence electrons. The highest BCUT2D eigenvalue weighted by atomic mass is 16.5. The minimum atomic E-state index is -0.465. The molecular weight excluding hydrogens is 620 g/mol. The molecule has 5 heteroatoms. The van der Waals surface area contributed by atoms with Crippen molar-refractivity contribution in [2.45, 2.75) is 260 Å². The molecule has 0 heterocycles. The first-order valence-electron chi connectivity index (χ1n) is 22.1. The number of unbranched alkanes of at least 4 members (excludes halogenated alkanes) is 20. The van der Waals surface area contributed by atoms with Crippen molar-refractivity contribution in [3.63, 3.8) is 0 Å². The van der Waals surface area contributed by atoms with Crippen molar-refractivity contribution < 1.29 is 24.2 Å². The molecule has 0 rings (SSSR count). The number of ether oxygens (including phenoxy) is 2. The third-order valence-electron chi connectivity index (χ3n) is 10.8. The number of hydrogen-bond donors (Lipinski definition) is 1. The van der Waals surface area contributed by atoms with Crippen LogP contribution in [0.2, 0.25) is 0 Å². The topological polar surface area (TPSA) is 72.8 Å². The van der Waals surface area contributed by atoms with E-state index in [1.54, 1.807) is 0 Å². The van der Waals surface area contributed by atoms with Crippen LogP contribution in [0, 0.1) is 10.8 Å². The fourth-order valence-electron chi connectivity index (χ4n) is 6.89. The van der Waals surface area contributed by atoms with Gasteiger partial charge in [-0.2, -0.15) is 0 Å². The molecule has 0 spiro atoms. The van der Waals surface area contributed by atoms with Crippen LogP contribution in [0.4, 0.5) is 0 Å². The molecule has 0 bridgehead atoms. The molecule has 50 heavy (non-hydrogen) atoms. The lowest BCUT2D eigenvalue weighted by Gasteiger charge is -2.27. The van der Waals surface area contributed by atoms with Crippen LogP contribution in [-0.4, -0.2) is 35.9 Å². The normalized spacial score (nSPS) is 12.8. The Balaban J connectivity index is 4.22. The molecule has 0 amide bonds. The Bertz CT molecular complexity index is 759. The van der Waals surface area contributed by atoms with Gasteiger partial charge in [-0.15, -0.1) is 0 Å². The number of aliphatic hydroxyl groups excluding tert-OH is 1. The number of carbonyl (C=O) groups is 2. The van der Waals surface area contributed by atoms with Gasteiger partial charge in [-0.1, -0.05) is 162 Å². The lowest BCUT2D eigenvalue weighted by Crippen LogP contribution is -2.31. The van der Waals surface area contributed by atoms with Gasteiger partial charge in [0.15, 0.2) is 0 Å². The highest BCUT2D eigenvalue weighted by Gasteiger charge is 2.31. The summed E-state index contributed by atoms with van der Waals surface area (Å²) in [4.78, 5) is 25.9. The lowest BCUT2D eigenvalue weighted by molar-refractivity contribution is -0.161. The van der Waals surface area contributed by atoms with Gasteiger partial charge < -0.3 is 14.6 Å². The van der Waals surface area contributed by atoms with Gasteiger partial charge in [-0.3, -0.25) is 9.59 Å². The van der Waals surface area contributed by atoms with Crippen molar-refractivity contribution in [2.75, 3.05) is 6.61 Å². The van der Waals surface area contributed by atoms with Gasteiger partial charge in [-0.05, 0) is 85.5 Å². The fourth-order valence-corrected chi connectivity index (χ4v) is 6.89. The molecule has 0 aromatic heterocycles. The first kappa shape index (κ1) is 48.9. The number of hydrogen-bond acceptors (Lipinski definition) is 5. The van der Waals surface area contributed by atoms with E-state index in [-0.39, 0.29) is 24.1 Å².